The second kappa shape index (κ2) is 5.47. The Morgan fingerprint density at radius 3 is 2.53 bits per heavy atom. The molecule has 2 aromatic carbocycles. The van der Waals surface area contributed by atoms with E-state index >= 15 is 0 Å². The maximum atomic E-state index is 5.88. The summed E-state index contributed by atoms with van der Waals surface area (Å²) in [5.41, 5.74) is 9.17. The number of aromatic nitrogens is 2. The summed E-state index contributed by atoms with van der Waals surface area (Å²) >= 11 is 1.68. The van der Waals surface area contributed by atoms with Crippen molar-refractivity contribution in [1.82, 2.24) is 9.97 Å². The van der Waals surface area contributed by atoms with Gasteiger partial charge in [0.05, 0.1) is 11.0 Å². The Balaban J connectivity index is 1.86. The average molecular weight is 269 g/mol. The molecule has 1 unspecified atom stereocenters. The second-order valence-electron chi connectivity index (χ2n) is 4.31. The molecule has 3 nitrogen and oxygen atoms in total. The summed E-state index contributed by atoms with van der Waals surface area (Å²) in [6, 6.07) is 18.3. The summed E-state index contributed by atoms with van der Waals surface area (Å²) in [6.45, 7) is 0.589. The minimum atomic E-state index is 0.224. The topological polar surface area (TPSA) is 54.7 Å². The molecule has 96 valence electrons. The molecule has 0 radical (unpaired) electrons. The van der Waals surface area contributed by atoms with Crippen LogP contribution in [0.2, 0.25) is 0 Å². The molecule has 0 saturated carbocycles. The minimum Gasteiger partial charge on any atom is -0.333 e. The number of fused-ring (bicyclic) bond motifs is 1. The number of imidazole rings is 1. The maximum Gasteiger partial charge on any atom is 0.167 e. The second-order valence-corrected chi connectivity index (χ2v) is 5.50. The molecule has 0 saturated heterocycles. The van der Waals surface area contributed by atoms with Gasteiger partial charge in [0.25, 0.3) is 0 Å². The van der Waals surface area contributed by atoms with Gasteiger partial charge >= 0.3 is 0 Å². The zero-order valence-corrected chi connectivity index (χ0v) is 11.2. The van der Waals surface area contributed by atoms with Gasteiger partial charge in [-0.1, -0.05) is 54.2 Å². The van der Waals surface area contributed by atoms with Crippen molar-refractivity contribution in [2.24, 2.45) is 5.73 Å². The van der Waals surface area contributed by atoms with E-state index < -0.39 is 0 Å². The number of hydrogen-bond acceptors (Lipinski definition) is 3. The molecular formula is C15H15N3S. The summed E-state index contributed by atoms with van der Waals surface area (Å²) in [5, 5.41) is 1.14. The van der Waals surface area contributed by atoms with Crippen LogP contribution in [0.1, 0.15) is 10.8 Å². The van der Waals surface area contributed by atoms with Gasteiger partial charge in [-0.2, -0.15) is 0 Å². The molecule has 0 spiro atoms. The van der Waals surface area contributed by atoms with E-state index in [1.807, 2.05) is 42.5 Å². The third-order valence-corrected chi connectivity index (χ3v) is 4.17. The summed E-state index contributed by atoms with van der Waals surface area (Å²) < 4.78 is 0. The summed E-state index contributed by atoms with van der Waals surface area (Å²) in [7, 11) is 0. The molecule has 1 heterocycles. The largest absolute Gasteiger partial charge is 0.333 e. The van der Waals surface area contributed by atoms with Crippen LogP contribution in [0.25, 0.3) is 11.0 Å². The molecular weight excluding hydrogens is 254 g/mol. The van der Waals surface area contributed by atoms with Gasteiger partial charge in [-0.05, 0) is 17.7 Å². The summed E-state index contributed by atoms with van der Waals surface area (Å²) in [5.74, 6) is 0. The first-order valence-electron chi connectivity index (χ1n) is 6.23. The molecule has 3 aromatic rings. The zero-order chi connectivity index (χ0) is 13.1. The molecule has 0 bridgehead atoms. The van der Waals surface area contributed by atoms with Crippen LogP contribution in [0.3, 0.4) is 0 Å². The smallest absolute Gasteiger partial charge is 0.167 e. The Kier molecular flexibility index (Phi) is 3.53. The first kappa shape index (κ1) is 12.3. The van der Waals surface area contributed by atoms with Crippen molar-refractivity contribution in [1.29, 1.82) is 0 Å². The number of rotatable bonds is 4. The quantitative estimate of drug-likeness (QED) is 0.714. The van der Waals surface area contributed by atoms with Gasteiger partial charge in [0.2, 0.25) is 0 Å². The van der Waals surface area contributed by atoms with E-state index in [1.165, 1.54) is 5.56 Å². The van der Waals surface area contributed by atoms with Crippen LogP contribution in [0.5, 0.6) is 0 Å². The molecule has 0 aliphatic rings. The summed E-state index contributed by atoms with van der Waals surface area (Å²) in [6.07, 6.45) is 0. The molecule has 0 aliphatic carbocycles. The van der Waals surface area contributed by atoms with Gasteiger partial charge in [0.15, 0.2) is 5.16 Å². The van der Waals surface area contributed by atoms with E-state index in [4.69, 9.17) is 5.73 Å². The number of benzene rings is 2. The van der Waals surface area contributed by atoms with Gasteiger partial charge in [0, 0.05) is 11.8 Å². The Morgan fingerprint density at radius 1 is 1.05 bits per heavy atom. The highest BCUT2D eigenvalue weighted by molar-refractivity contribution is 7.99. The molecule has 19 heavy (non-hydrogen) atoms. The molecule has 3 N–H and O–H groups in total. The molecule has 4 heteroatoms. The third kappa shape index (κ3) is 2.64. The highest BCUT2D eigenvalue weighted by atomic mass is 32.2. The van der Waals surface area contributed by atoms with E-state index in [0.29, 0.717) is 6.54 Å². The van der Waals surface area contributed by atoms with E-state index in [-0.39, 0.29) is 5.25 Å². The number of H-pyrrole nitrogens is 1. The molecule has 3 rings (SSSR count). The highest BCUT2D eigenvalue weighted by Gasteiger charge is 2.13. The van der Waals surface area contributed by atoms with Crippen molar-refractivity contribution in [2.45, 2.75) is 10.4 Å². The number of para-hydroxylation sites is 2. The van der Waals surface area contributed by atoms with Crippen LogP contribution in [0.4, 0.5) is 0 Å². The van der Waals surface area contributed by atoms with Crippen molar-refractivity contribution < 1.29 is 0 Å². The van der Waals surface area contributed by atoms with Gasteiger partial charge in [0.1, 0.15) is 0 Å². The number of nitrogens with one attached hydrogen (secondary N) is 1. The first-order valence-corrected chi connectivity index (χ1v) is 7.11. The predicted molar refractivity (Wildman–Crippen MR) is 80.2 cm³/mol. The monoisotopic (exact) mass is 269 g/mol. The van der Waals surface area contributed by atoms with E-state index in [0.717, 1.165) is 16.2 Å². The van der Waals surface area contributed by atoms with Crippen LogP contribution in [-0.2, 0) is 0 Å². The number of thioether (sulfide) groups is 1. The minimum absolute atomic E-state index is 0.224. The normalized spacial score (nSPS) is 12.7. The lowest BCUT2D eigenvalue weighted by atomic mass is 10.1. The van der Waals surface area contributed by atoms with Crippen LogP contribution >= 0.6 is 11.8 Å². The average Bonchev–Trinajstić information content (AvgIpc) is 2.88. The predicted octanol–water partition coefficient (Wildman–Crippen LogP) is 3.36. The van der Waals surface area contributed by atoms with Crippen molar-refractivity contribution in [3.8, 4) is 0 Å². The SMILES string of the molecule is NCC(Sc1nc2ccccc2[nH]1)c1ccccc1. The Bertz CT molecular complexity index is 630. The van der Waals surface area contributed by atoms with E-state index in [9.17, 15) is 0 Å². The first-order chi connectivity index (χ1) is 9.36. The summed E-state index contributed by atoms with van der Waals surface area (Å²) in [4.78, 5) is 7.90. The third-order valence-electron chi connectivity index (χ3n) is 3.01. The lowest BCUT2D eigenvalue weighted by molar-refractivity contribution is 0.929. The van der Waals surface area contributed by atoms with Crippen LogP contribution in [-0.4, -0.2) is 16.5 Å². The maximum absolute atomic E-state index is 5.88. The van der Waals surface area contributed by atoms with Crippen LogP contribution in [0.15, 0.2) is 59.8 Å². The van der Waals surface area contributed by atoms with Gasteiger partial charge in [-0.25, -0.2) is 4.98 Å². The standard InChI is InChI=1S/C15H15N3S/c16-10-14(11-6-2-1-3-7-11)19-15-17-12-8-4-5-9-13(12)18-15/h1-9,14H,10,16H2,(H,17,18). The Labute approximate surface area is 116 Å². The van der Waals surface area contributed by atoms with Crippen molar-refractivity contribution in [2.75, 3.05) is 6.54 Å². The molecule has 1 aromatic heterocycles. The van der Waals surface area contributed by atoms with Gasteiger partial charge in [-0.15, -0.1) is 0 Å². The molecule has 0 aliphatic heterocycles. The fraction of sp³-hybridized carbons (Fsp3) is 0.133. The van der Waals surface area contributed by atoms with E-state index in [2.05, 4.69) is 22.1 Å². The lowest BCUT2D eigenvalue weighted by Crippen LogP contribution is -2.09. The molecule has 0 amide bonds. The molecule has 1 atom stereocenters. The van der Waals surface area contributed by atoms with E-state index in [1.54, 1.807) is 11.8 Å². The number of nitrogens with two attached hydrogens (primary N) is 1. The van der Waals surface area contributed by atoms with Crippen molar-refractivity contribution in [3.05, 3.63) is 60.2 Å². The fourth-order valence-electron chi connectivity index (χ4n) is 2.04. The van der Waals surface area contributed by atoms with Crippen molar-refractivity contribution >= 4 is 22.8 Å². The Hall–Kier alpha value is -1.78. The van der Waals surface area contributed by atoms with Crippen LogP contribution < -0.4 is 5.73 Å². The Morgan fingerprint density at radius 2 is 1.79 bits per heavy atom. The lowest BCUT2D eigenvalue weighted by Gasteiger charge is -2.12. The number of hydrogen-bond donors (Lipinski definition) is 2. The number of aromatic amines is 1. The highest BCUT2D eigenvalue weighted by Crippen LogP contribution is 2.33. The fourth-order valence-corrected chi connectivity index (χ4v) is 3.02. The van der Waals surface area contributed by atoms with Crippen molar-refractivity contribution in [3.63, 3.8) is 0 Å². The molecule has 0 fully saturated rings. The zero-order valence-electron chi connectivity index (χ0n) is 10.4. The van der Waals surface area contributed by atoms with Gasteiger partial charge in [-0.3, -0.25) is 0 Å². The number of nitrogens with zero attached hydrogens (tertiary/aromatic N) is 1. The van der Waals surface area contributed by atoms with Gasteiger partial charge < -0.3 is 10.7 Å². The van der Waals surface area contributed by atoms with Crippen LogP contribution in [0, 0.1) is 0 Å².